The second-order valence-electron chi connectivity index (χ2n) is 3.64. The molecule has 0 aliphatic heterocycles. The fourth-order valence-corrected chi connectivity index (χ4v) is 1.92. The van der Waals surface area contributed by atoms with E-state index in [1.165, 1.54) is 6.92 Å². The van der Waals surface area contributed by atoms with Crippen molar-refractivity contribution in [2.45, 2.75) is 11.8 Å². The third-order valence-corrected chi connectivity index (χ3v) is 2.99. The van der Waals surface area contributed by atoms with Gasteiger partial charge in [0.1, 0.15) is 10.7 Å². The molecule has 0 aliphatic rings. The number of sulfonamides is 1. The smallest absolute Gasteiger partial charge is 0.243 e. The van der Waals surface area contributed by atoms with Crippen LogP contribution in [0.4, 0.5) is 10.1 Å². The van der Waals surface area contributed by atoms with Crippen LogP contribution in [0, 0.1) is 5.82 Å². The zero-order chi connectivity index (χ0) is 14.6. The number of carbonyl (C=O) groups is 2. The molecule has 0 bridgehead atoms. The fourth-order valence-electron chi connectivity index (χ4n) is 1.25. The van der Waals surface area contributed by atoms with Gasteiger partial charge in [0.15, 0.2) is 0 Å². The van der Waals surface area contributed by atoms with Crippen molar-refractivity contribution >= 4 is 27.5 Å². The van der Waals surface area contributed by atoms with E-state index in [9.17, 15) is 22.4 Å². The molecule has 0 saturated carbocycles. The van der Waals surface area contributed by atoms with E-state index < -0.39 is 32.6 Å². The van der Waals surface area contributed by atoms with Crippen LogP contribution >= 0.6 is 0 Å². The van der Waals surface area contributed by atoms with Crippen LogP contribution in [0.3, 0.4) is 0 Å². The molecule has 1 aromatic rings. The highest BCUT2D eigenvalue weighted by molar-refractivity contribution is 7.89. The zero-order valence-corrected chi connectivity index (χ0v) is 10.8. The van der Waals surface area contributed by atoms with Gasteiger partial charge in [-0.15, -0.1) is 0 Å². The summed E-state index contributed by atoms with van der Waals surface area (Å²) in [5, 5.41) is 9.31. The van der Waals surface area contributed by atoms with E-state index >= 15 is 0 Å². The van der Waals surface area contributed by atoms with Crippen molar-refractivity contribution in [2.24, 2.45) is 5.14 Å². The SMILES string of the molecule is CC(=O)NCC(=O)Nc1cc(F)ccc1S(N)(=O)=O. The summed E-state index contributed by atoms with van der Waals surface area (Å²) in [4.78, 5) is 21.6. The first kappa shape index (κ1) is 15.1. The highest BCUT2D eigenvalue weighted by Crippen LogP contribution is 2.20. The molecule has 104 valence electrons. The number of nitrogens with one attached hydrogen (secondary N) is 2. The number of anilines is 1. The van der Waals surface area contributed by atoms with Crippen LogP contribution in [0.1, 0.15) is 6.92 Å². The minimum absolute atomic E-state index is 0.280. The Kier molecular flexibility index (Phi) is 4.57. The van der Waals surface area contributed by atoms with Gasteiger partial charge in [0.2, 0.25) is 21.8 Å². The van der Waals surface area contributed by atoms with Gasteiger partial charge in [0.05, 0.1) is 12.2 Å². The number of halogens is 1. The number of benzene rings is 1. The maximum atomic E-state index is 13.0. The lowest BCUT2D eigenvalue weighted by Crippen LogP contribution is -2.31. The predicted molar refractivity (Wildman–Crippen MR) is 65.1 cm³/mol. The minimum Gasteiger partial charge on any atom is -0.347 e. The van der Waals surface area contributed by atoms with Crippen molar-refractivity contribution in [1.29, 1.82) is 0 Å². The van der Waals surface area contributed by atoms with E-state index in [1.54, 1.807) is 0 Å². The average Bonchev–Trinajstić information content (AvgIpc) is 2.24. The third kappa shape index (κ3) is 4.64. The van der Waals surface area contributed by atoms with Crippen molar-refractivity contribution in [2.75, 3.05) is 11.9 Å². The number of hydrogen-bond acceptors (Lipinski definition) is 4. The lowest BCUT2D eigenvalue weighted by molar-refractivity contribution is -0.122. The van der Waals surface area contributed by atoms with Gasteiger partial charge in [-0.1, -0.05) is 0 Å². The van der Waals surface area contributed by atoms with Crippen LogP contribution in [0.15, 0.2) is 23.1 Å². The summed E-state index contributed by atoms with van der Waals surface area (Å²) in [6.45, 7) is 0.848. The van der Waals surface area contributed by atoms with Gasteiger partial charge in [-0.25, -0.2) is 17.9 Å². The number of nitrogens with two attached hydrogens (primary N) is 1. The summed E-state index contributed by atoms with van der Waals surface area (Å²) in [5.41, 5.74) is -0.280. The fraction of sp³-hybridized carbons (Fsp3) is 0.200. The highest BCUT2D eigenvalue weighted by Gasteiger charge is 2.16. The van der Waals surface area contributed by atoms with E-state index in [4.69, 9.17) is 5.14 Å². The molecule has 0 fully saturated rings. The average molecular weight is 289 g/mol. The Hall–Kier alpha value is -2.00. The molecule has 0 atom stereocenters. The van der Waals surface area contributed by atoms with Crippen LogP contribution in [0.5, 0.6) is 0 Å². The van der Waals surface area contributed by atoms with Crippen LogP contribution in [-0.4, -0.2) is 26.8 Å². The first-order valence-corrected chi connectivity index (χ1v) is 6.61. The van der Waals surface area contributed by atoms with E-state index in [-0.39, 0.29) is 12.2 Å². The summed E-state index contributed by atoms with van der Waals surface area (Å²) in [5.74, 6) is -1.87. The van der Waals surface area contributed by atoms with Gasteiger partial charge in [-0.2, -0.15) is 0 Å². The van der Waals surface area contributed by atoms with Gasteiger partial charge in [0, 0.05) is 6.92 Å². The molecule has 1 rings (SSSR count). The zero-order valence-electron chi connectivity index (χ0n) is 9.94. The lowest BCUT2D eigenvalue weighted by Gasteiger charge is -2.10. The molecule has 0 aliphatic carbocycles. The third-order valence-electron chi connectivity index (χ3n) is 2.02. The second-order valence-corrected chi connectivity index (χ2v) is 5.17. The molecule has 7 nitrogen and oxygen atoms in total. The summed E-state index contributed by atoms with van der Waals surface area (Å²) < 4.78 is 35.5. The topological polar surface area (TPSA) is 118 Å². The van der Waals surface area contributed by atoms with E-state index in [0.717, 1.165) is 18.2 Å². The van der Waals surface area contributed by atoms with Gasteiger partial charge >= 0.3 is 0 Å². The largest absolute Gasteiger partial charge is 0.347 e. The Labute approximate surface area is 109 Å². The molecule has 2 amide bonds. The van der Waals surface area contributed by atoms with E-state index in [0.29, 0.717) is 0 Å². The summed E-state index contributed by atoms with van der Waals surface area (Å²) in [6, 6.07) is 2.67. The maximum Gasteiger partial charge on any atom is 0.243 e. The van der Waals surface area contributed by atoms with Crippen LogP contribution < -0.4 is 15.8 Å². The van der Waals surface area contributed by atoms with Crippen molar-refractivity contribution < 1.29 is 22.4 Å². The molecule has 0 aromatic heterocycles. The maximum absolute atomic E-state index is 13.0. The molecular formula is C10H12FN3O4S. The van der Waals surface area contributed by atoms with Crippen LogP contribution in [0.25, 0.3) is 0 Å². The first-order chi connectivity index (χ1) is 8.70. The summed E-state index contributed by atoms with van der Waals surface area (Å²) in [7, 11) is -4.10. The van der Waals surface area contributed by atoms with Gasteiger partial charge in [-0.3, -0.25) is 9.59 Å². The van der Waals surface area contributed by atoms with Crippen LogP contribution in [-0.2, 0) is 19.6 Å². The van der Waals surface area contributed by atoms with Crippen molar-refractivity contribution in [3.8, 4) is 0 Å². The van der Waals surface area contributed by atoms with Gasteiger partial charge in [-0.05, 0) is 18.2 Å². The quantitative estimate of drug-likeness (QED) is 0.695. The first-order valence-electron chi connectivity index (χ1n) is 5.07. The number of primary sulfonamides is 1. The Morgan fingerprint density at radius 1 is 1.37 bits per heavy atom. The standard InChI is InChI=1S/C10H12FN3O4S/c1-6(15)13-5-10(16)14-8-4-7(11)2-3-9(8)19(12,17)18/h2-4H,5H2,1H3,(H,13,15)(H,14,16)(H2,12,17,18). The molecule has 0 unspecified atom stereocenters. The van der Waals surface area contributed by atoms with Crippen molar-refractivity contribution in [3.63, 3.8) is 0 Å². The number of hydrogen-bond donors (Lipinski definition) is 3. The molecule has 19 heavy (non-hydrogen) atoms. The molecule has 1 aromatic carbocycles. The molecular weight excluding hydrogens is 277 g/mol. The number of rotatable bonds is 4. The Morgan fingerprint density at radius 2 is 2.00 bits per heavy atom. The van der Waals surface area contributed by atoms with Crippen molar-refractivity contribution in [3.05, 3.63) is 24.0 Å². The minimum atomic E-state index is -4.10. The van der Waals surface area contributed by atoms with Crippen molar-refractivity contribution in [1.82, 2.24) is 5.32 Å². The molecule has 0 heterocycles. The monoisotopic (exact) mass is 289 g/mol. The number of carbonyl (C=O) groups excluding carboxylic acids is 2. The highest BCUT2D eigenvalue weighted by atomic mass is 32.2. The molecule has 4 N–H and O–H groups in total. The van der Waals surface area contributed by atoms with E-state index in [2.05, 4.69) is 10.6 Å². The molecule has 9 heteroatoms. The molecule has 0 radical (unpaired) electrons. The Balaban J connectivity index is 2.97. The summed E-state index contributed by atoms with van der Waals surface area (Å²) >= 11 is 0. The van der Waals surface area contributed by atoms with Gasteiger partial charge < -0.3 is 10.6 Å². The Morgan fingerprint density at radius 3 is 2.53 bits per heavy atom. The molecule has 0 spiro atoms. The summed E-state index contributed by atoms with van der Waals surface area (Å²) in [6.07, 6.45) is 0. The number of amides is 2. The Bertz CT molecular complexity index is 615. The van der Waals surface area contributed by atoms with Crippen LogP contribution in [0.2, 0.25) is 0 Å². The second kappa shape index (κ2) is 5.76. The van der Waals surface area contributed by atoms with E-state index in [1.807, 2.05) is 0 Å². The van der Waals surface area contributed by atoms with Gasteiger partial charge in [0.25, 0.3) is 0 Å². The molecule has 0 saturated heterocycles. The lowest BCUT2D eigenvalue weighted by atomic mass is 10.3. The normalized spacial score (nSPS) is 10.9. The predicted octanol–water partition coefficient (Wildman–Crippen LogP) is -0.452.